The van der Waals surface area contributed by atoms with E-state index in [1.807, 2.05) is 30.3 Å². The summed E-state index contributed by atoms with van der Waals surface area (Å²) < 4.78 is 1.19. The van der Waals surface area contributed by atoms with E-state index in [4.69, 9.17) is 0 Å². The average Bonchev–Trinajstić information content (AvgIpc) is 3.13. The zero-order chi connectivity index (χ0) is 16.1. The zero-order valence-electron chi connectivity index (χ0n) is 13.0. The van der Waals surface area contributed by atoms with Crippen LogP contribution in [-0.4, -0.2) is 5.78 Å². The molecule has 0 bridgehead atoms. The second-order valence-electron chi connectivity index (χ2n) is 6.13. The maximum Gasteiger partial charge on any atom is 0.196 e. The van der Waals surface area contributed by atoms with Crippen LogP contribution in [0.5, 0.6) is 0 Å². The highest BCUT2D eigenvalue weighted by molar-refractivity contribution is 7.23. The highest BCUT2D eigenvalue weighted by Crippen LogP contribution is 2.47. The Morgan fingerprint density at radius 2 is 1.54 bits per heavy atom. The second-order valence-corrected chi connectivity index (χ2v) is 7.19. The van der Waals surface area contributed by atoms with Crippen molar-refractivity contribution in [2.24, 2.45) is 0 Å². The van der Waals surface area contributed by atoms with Crippen LogP contribution in [0.1, 0.15) is 27.0 Å². The van der Waals surface area contributed by atoms with E-state index in [0.29, 0.717) is 0 Å². The Hall–Kier alpha value is -2.71. The molecule has 0 amide bonds. The first kappa shape index (κ1) is 13.7. The molecule has 0 saturated heterocycles. The first-order valence-electron chi connectivity index (χ1n) is 8.05. The number of rotatable bonds is 2. The van der Waals surface area contributed by atoms with Crippen molar-refractivity contribution >= 4 is 27.2 Å². The Kier molecular flexibility index (Phi) is 2.94. The van der Waals surface area contributed by atoms with Gasteiger partial charge in [-0.1, -0.05) is 66.7 Å². The molecule has 1 heterocycles. The van der Waals surface area contributed by atoms with Crippen LogP contribution < -0.4 is 0 Å². The Labute approximate surface area is 144 Å². The van der Waals surface area contributed by atoms with Gasteiger partial charge in [0.2, 0.25) is 0 Å². The molecule has 0 saturated carbocycles. The van der Waals surface area contributed by atoms with E-state index < -0.39 is 0 Å². The van der Waals surface area contributed by atoms with Gasteiger partial charge in [0.25, 0.3) is 0 Å². The summed E-state index contributed by atoms with van der Waals surface area (Å²) in [5.74, 6) is 0.184. The van der Waals surface area contributed by atoms with Crippen molar-refractivity contribution in [3.8, 4) is 10.4 Å². The van der Waals surface area contributed by atoms with Crippen molar-refractivity contribution in [1.82, 2.24) is 0 Å². The zero-order valence-corrected chi connectivity index (χ0v) is 13.8. The molecule has 4 aromatic rings. The van der Waals surface area contributed by atoms with Gasteiger partial charge in [0.1, 0.15) is 0 Å². The summed E-state index contributed by atoms with van der Waals surface area (Å²) in [4.78, 5) is 14.3. The molecule has 114 valence electrons. The maximum absolute atomic E-state index is 13.2. The van der Waals surface area contributed by atoms with Crippen LogP contribution in [0.25, 0.3) is 20.5 Å². The molecule has 1 aliphatic rings. The van der Waals surface area contributed by atoms with E-state index in [-0.39, 0.29) is 5.78 Å². The fourth-order valence-electron chi connectivity index (χ4n) is 3.61. The molecule has 0 unspecified atom stereocenters. The van der Waals surface area contributed by atoms with Crippen molar-refractivity contribution in [3.05, 3.63) is 95.1 Å². The molecule has 2 heteroatoms. The molecule has 0 fully saturated rings. The maximum atomic E-state index is 13.2. The number of carbonyl (C=O) groups is 1. The van der Waals surface area contributed by atoms with Gasteiger partial charge in [-0.25, -0.2) is 0 Å². The van der Waals surface area contributed by atoms with Crippen LogP contribution >= 0.6 is 11.3 Å². The summed E-state index contributed by atoms with van der Waals surface area (Å²) >= 11 is 1.73. The third kappa shape index (κ3) is 1.90. The molecular formula is C22H14OS. The fourth-order valence-corrected chi connectivity index (χ4v) is 4.84. The molecule has 0 radical (unpaired) electrons. The average molecular weight is 326 g/mol. The molecular weight excluding hydrogens is 312 g/mol. The van der Waals surface area contributed by atoms with E-state index >= 15 is 0 Å². The number of fused-ring (bicyclic) bond motifs is 5. The summed E-state index contributed by atoms with van der Waals surface area (Å²) in [5, 5.41) is 1.09. The summed E-state index contributed by atoms with van der Waals surface area (Å²) in [7, 11) is 0. The van der Waals surface area contributed by atoms with E-state index in [0.717, 1.165) is 38.9 Å². The lowest BCUT2D eigenvalue weighted by Crippen LogP contribution is -2.02. The topological polar surface area (TPSA) is 17.1 Å². The van der Waals surface area contributed by atoms with Crippen LogP contribution in [0.3, 0.4) is 0 Å². The number of ketones is 1. The number of hydrogen-bond acceptors (Lipinski definition) is 2. The lowest BCUT2D eigenvalue weighted by Gasteiger charge is -2.08. The largest absolute Gasteiger partial charge is 0.288 e. The van der Waals surface area contributed by atoms with Gasteiger partial charge < -0.3 is 0 Å². The summed E-state index contributed by atoms with van der Waals surface area (Å²) in [6, 6.07) is 24.8. The molecule has 0 atom stereocenters. The number of hydrogen-bond donors (Lipinski definition) is 0. The quantitative estimate of drug-likeness (QED) is 0.406. The lowest BCUT2D eigenvalue weighted by molar-refractivity contribution is 0.104. The molecule has 1 aliphatic carbocycles. The van der Waals surface area contributed by atoms with Gasteiger partial charge in [0, 0.05) is 31.7 Å². The molecule has 24 heavy (non-hydrogen) atoms. The minimum absolute atomic E-state index is 0.184. The molecule has 5 rings (SSSR count). The van der Waals surface area contributed by atoms with Crippen molar-refractivity contribution in [1.29, 1.82) is 0 Å². The molecule has 3 aromatic carbocycles. The van der Waals surface area contributed by atoms with Crippen molar-refractivity contribution in [2.75, 3.05) is 0 Å². The van der Waals surface area contributed by atoms with Crippen LogP contribution in [-0.2, 0) is 6.42 Å². The van der Waals surface area contributed by atoms with Gasteiger partial charge in [-0.2, -0.15) is 0 Å². The molecule has 0 aliphatic heterocycles. The van der Waals surface area contributed by atoms with Gasteiger partial charge in [0.15, 0.2) is 5.78 Å². The minimum Gasteiger partial charge on any atom is -0.288 e. The van der Waals surface area contributed by atoms with Crippen molar-refractivity contribution < 1.29 is 4.79 Å². The Balaban J connectivity index is 1.70. The fraction of sp³-hybridized carbons (Fsp3) is 0.0455. The number of carbonyl (C=O) groups excluding carboxylic acids is 1. The Morgan fingerprint density at radius 3 is 2.42 bits per heavy atom. The molecule has 1 aromatic heterocycles. The van der Waals surface area contributed by atoms with E-state index in [9.17, 15) is 4.79 Å². The third-order valence-corrected chi connectivity index (χ3v) is 5.89. The smallest absolute Gasteiger partial charge is 0.196 e. The predicted molar refractivity (Wildman–Crippen MR) is 99.9 cm³/mol. The first-order valence-corrected chi connectivity index (χ1v) is 8.87. The van der Waals surface area contributed by atoms with E-state index in [1.54, 1.807) is 11.3 Å². The van der Waals surface area contributed by atoms with Crippen LogP contribution in [0.15, 0.2) is 72.8 Å². The van der Waals surface area contributed by atoms with Crippen molar-refractivity contribution in [3.63, 3.8) is 0 Å². The van der Waals surface area contributed by atoms with Crippen LogP contribution in [0, 0.1) is 0 Å². The Morgan fingerprint density at radius 1 is 0.750 bits per heavy atom. The summed E-state index contributed by atoms with van der Waals surface area (Å²) in [6.07, 6.45) is 0.794. The third-order valence-electron chi connectivity index (χ3n) is 4.68. The summed E-state index contributed by atoms with van der Waals surface area (Å²) in [5.41, 5.74) is 5.25. The minimum atomic E-state index is 0.184. The molecule has 0 N–H and O–H groups in total. The summed E-state index contributed by atoms with van der Waals surface area (Å²) in [6.45, 7) is 0. The normalized spacial score (nSPS) is 12.4. The van der Waals surface area contributed by atoms with Gasteiger partial charge in [-0.3, -0.25) is 4.79 Å². The first-order chi connectivity index (χ1) is 11.8. The van der Waals surface area contributed by atoms with Gasteiger partial charge in [0.05, 0.1) is 0 Å². The Bertz CT molecular complexity index is 1090. The van der Waals surface area contributed by atoms with Gasteiger partial charge in [-0.05, 0) is 23.6 Å². The number of thiophene rings is 1. The van der Waals surface area contributed by atoms with E-state index in [1.165, 1.54) is 10.3 Å². The number of benzene rings is 3. The molecule has 1 nitrogen and oxygen atoms in total. The monoisotopic (exact) mass is 326 g/mol. The van der Waals surface area contributed by atoms with Gasteiger partial charge >= 0.3 is 0 Å². The highest BCUT2D eigenvalue weighted by atomic mass is 32.1. The highest BCUT2D eigenvalue weighted by Gasteiger charge is 2.32. The SMILES string of the molecule is O=C1c2c(Cc3ccccc3)cccc2-c2sc3ccccc3c21. The van der Waals surface area contributed by atoms with Crippen LogP contribution in [0.2, 0.25) is 0 Å². The van der Waals surface area contributed by atoms with E-state index in [2.05, 4.69) is 42.5 Å². The standard InChI is InChI=1S/C22H14OS/c23-21-19-15(13-14-7-2-1-3-8-14)9-6-11-17(19)22-20(21)16-10-4-5-12-18(16)24-22/h1-12H,13H2. The van der Waals surface area contributed by atoms with Gasteiger partial charge in [-0.15, -0.1) is 11.3 Å². The lowest BCUT2D eigenvalue weighted by atomic mass is 9.96. The second kappa shape index (κ2) is 5.15. The molecule has 0 spiro atoms. The van der Waals surface area contributed by atoms with Crippen LogP contribution in [0.4, 0.5) is 0 Å². The van der Waals surface area contributed by atoms with Crippen molar-refractivity contribution in [2.45, 2.75) is 6.42 Å². The predicted octanol–water partition coefficient (Wildman–Crippen LogP) is 5.70.